The number of thiazole rings is 1. The minimum atomic E-state index is 0.538. The lowest BCUT2D eigenvalue weighted by Crippen LogP contribution is -1.99. The van der Waals surface area contributed by atoms with Crippen molar-refractivity contribution in [3.8, 4) is 6.07 Å². The van der Waals surface area contributed by atoms with E-state index in [-0.39, 0.29) is 0 Å². The Bertz CT molecular complexity index is 733. The van der Waals surface area contributed by atoms with Crippen LogP contribution in [0.1, 0.15) is 34.0 Å². The molecular weight excluding hydrogens is 323 g/mol. The number of aryl methyl sites for hydroxylation is 2. The molecule has 3 rings (SSSR count). The molecule has 1 aromatic carbocycles. The molecular formula is C16H12Cl2N2S. The molecule has 0 spiro atoms. The Labute approximate surface area is 137 Å². The van der Waals surface area contributed by atoms with Crippen LogP contribution in [-0.2, 0) is 12.8 Å². The number of aromatic nitrogens is 1. The third kappa shape index (κ3) is 3.13. The Kier molecular flexibility index (Phi) is 4.30. The Balaban J connectivity index is 2.00. The highest BCUT2D eigenvalue weighted by Gasteiger charge is 2.17. The zero-order valence-electron chi connectivity index (χ0n) is 11.2. The predicted octanol–water partition coefficient (Wildman–Crippen LogP) is 5.39. The van der Waals surface area contributed by atoms with Crippen LogP contribution in [-0.4, -0.2) is 4.98 Å². The average Bonchev–Trinajstić information content (AvgIpc) is 2.90. The second kappa shape index (κ2) is 6.19. The summed E-state index contributed by atoms with van der Waals surface area (Å²) in [7, 11) is 0. The van der Waals surface area contributed by atoms with Crippen molar-refractivity contribution in [2.75, 3.05) is 0 Å². The van der Waals surface area contributed by atoms with Crippen LogP contribution < -0.4 is 0 Å². The highest BCUT2D eigenvalue weighted by atomic mass is 35.5. The number of nitriles is 1. The molecule has 0 bridgehead atoms. The highest BCUT2D eigenvalue weighted by Crippen LogP contribution is 2.32. The van der Waals surface area contributed by atoms with E-state index in [1.165, 1.54) is 17.7 Å². The lowest BCUT2D eigenvalue weighted by Gasteiger charge is -2.06. The van der Waals surface area contributed by atoms with Crippen LogP contribution in [0.15, 0.2) is 18.2 Å². The fourth-order valence-corrected chi connectivity index (χ4v) is 3.96. The summed E-state index contributed by atoms with van der Waals surface area (Å²) < 4.78 is 0. The zero-order valence-corrected chi connectivity index (χ0v) is 13.5. The van der Waals surface area contributed by atoms with Crippen molar-refractivity contribution >= 4 is 46.2 Å². The molecule has 0 N–H and O–H groups in total. The normalized spacial score (nSPS) is 14.6. The summed E-state index contributed by atoms with van der Waals surface area (Å²) in [5.41, 5.74) is 2.49. The molecule has 1 heterocycles. The molecule has 0 saturated heterocycles. The molecule has 5 heteroatoms. The summed E-state index contributed by atoms with van der Waals surface area (Å²) in [6.45, 7) is 0. The van der Waals surface area contributed by atoms with Crippen LogP contribution >= 0.6 is 34.5 Å². The molecule has 0 amide bonds. The molecule has 0 fully saturated rings. The van der Waals surface area contributed by atoms with Gasteiger partial charge in [0.1, 0.15) is 11.1 Å². The van der Waals surface area contributed by atoms with E-state index in [0.717, 1.165) is 29.1 Å². The van der Waals surface area contributed by atoms with Gasteiger partial charge in [-0.3, -0.25) is 0 Å². The van der Waals surface area contributed by atoms with E-state index >= 15 is 0 Å². The number of hydrogen-bond acceptors (Lipinski definition) is 3. The lowest BCUT2D eigenvalue weighted by molar-refractivity contribution is 0.682. The maximum atomic E-state index is 9.43. The topological polar surface area (TPSA) is 36.7 Å². The minimum absolute atomic E-state index is 0.538. The number of nitrogens with zero attached hydrogens (tertiary/aromatic N) is 2. The summed E-state index contributed by atoms with van der Waals surface area (Å²) in [6, 6.07) is 7.49. The fraction of sp³-hybridized carbons (Fsp3) is 0.250. The van der Waals surface area contributed by atoms with Crippen molar-refractivity contribution in [2.24, 2.45) is 0 Å². The molecule has 106 valence electrons. The van der Waals surface area contributed by atoms with Crippen LogP contribution in [0.25, 0.3) is 11.6 Å². The van der Waals surface area contributed by atoms with Crippen LogP contribution in [0.3, 0.4) is 0 Å². The molecule has 0 saturated carbocycles. The number of hydrogen-bond donors (Lipinski definition) is 0. The summed E-state index contributed by atoms with van der Waals surface area (Å²) >= 11 is 13.7. The van der Waals surface area contributed by atoms with Gasteiger partial charge in [0.2, 0.25) is 0 Å². The monoisotopic (exact) mass is 334 g/mol. The number of allylic oxidation sites excluding steroid dienone is 1. The minimum Gasteiger partial charge on any atom is -0.240 e. The predicted molar refractivity (Wildman–Crippen MR) is 88.7 cm³/mol. The Morgan fingerprint density at radius 3 is 2.81 bits per heavy atom. The summed E-state index contributed by atoms with van der Waals surface area (Å²) in [4.78, 5) is 5.94. The standard InChI is InChI=1S/C16H12Cl2N2S/c17-12-6-5-10(13(18)8-12)7-11(9-19)16-20-14-3-1-2-4-15(14)21-16/h5-8H,1-4H2. The maximum Gasteiger partial charge on any atom is 0.134 e. The molecule has 2 aromatic rings. The van der Waals surface area contributed by atoms with E-state index in [4.69, 9.17) is 23.2 Å². The van der Waals surface area contributed by atoms with Crippen molar-refractivity contribution in [3.63, 3.8) is 0 Å². The van der Waals surface area contributed by atoms with Gasteiger partial charge in [-0.2, -0.15) is 5.26 Å². The van der Waals surface area contributed by atoms with E-state index in [1.807, 2.05) is 6.07 Å². The van der Waals surface area contributed by atoms with Gasteiger partial charge in [0, 0.05) is 14.9 Å². The van der Waals surface area contributed by atoms with Crippen LogP contribution in [0.4, 0.5) is 0 Å². The first-order valence-corrected chi connectivity index (χ1v) is 8.30. The second-order valence-corrected chi connectivity index (χ2v) is 6.86. The van der Waals surface area contributed by atoms with E-state index in [1.54, 1.807) is 29.5 Å². The molecule has 0 radical (unpaired) electrons. The fourth-order valence-electron chi connectivity index (χ4n) is 2.38. The molecule has 2 nitrogen and oxygen atoms in total. The van der Waals surface area contributed by atoms with Gasteiger partial charge < -0.3 is 0 Å². The smallest absolute Gasteiger partial charge is 0.134 e. The summed E-state index contributed by atoms with van der Waals surface area (Å²) in [5, 5.41) is 11.3. The molecule has 0 unspecified atom stereocenters. The highest BCUT2D eigenvalue weighted by molar-refractivity contribution is 7.13. The van der Waals surface area contributed by atoms with Crippen molar-refractivity contribution in [3.05, 3.63) is 49.4 Å². The van der Waals surface area contributed by atoms with Gasteiger partial charge in [-0.05, 0) is 49.5 Å². The van der Waals surface area contributed by atoms with Crippen molar-refractivity contribution in [1.29, 1.82) is 5.26 Å². The number of halogens is 2. The average molecular weight is 335 g/mol. The number of fused-ring (bicyclic) bond motifs is 1. The first-order valence-electron chi connectivity index (χ1n) is 6.73. The molecule has 1 aliphatic rings. The molecule has 1 aromatic heterocycles. The maximum absolute atomic E-state index is 9.43. The van der Waals surface area contributed by atoms with Gasteiger partial charge in [0.15, 0.2) is 0 Å². The van der Waals surface area contributed by atoms with Crippen molar-refractivity contribution < 1.29 is 0 Å². The van der Waals surface area contributed by atoms with Crippen LogP contribution in [0.2, 0.25) is 10.0 Å². The van der Waals surface area contributed by atoms with E-state index in [0.29, 0.717) is 15.6 Å². The molecule has 0 atom stereocenters. The largest absolute Gasteiger partial charge is 0.240 e. The Morgan fingerprint density at radius 2 is 2.10 bits per heavy atom. The van der Waals surface area contributed by atoms with E-state index in [9.17, 15) is 5.26 Å². The van der Waals surface area contributed by atoms with Gasteiger partial charge in [-0.15, -0.1) is 11.3 Å². The van der Waals surface area contributed by atoms with Gasteiger partial charge in [0.05, 0.1) is 11.3 Å². The zero-order chi connectivity index (χ0) is 14.8. The molecule has 1 aliphatic carbocycles. The molecule has 21 heavy (non-hydrogen) atoms. The summed E-state index contributed by atoms with van der Waals surface area (Å²) in [6.07, 6.45) is 6.27. The Morgan fingerprint density at radius 1 is 1.29 bits per heavy atom. The van der Waals surface area contributed by atoms with Crippen LogP contribution in [0, 0.1) is 11.3 Å². The summed E-state index contributed by atoms with van der Waals surface area (Å²) in [5.74, 6) is 0. The third-order valence-electron chi connectivity index (χ3n) is 3.46. The molecule has 0 aliphatic heterocycles. The lowest BCUT2D eigenvalue weighted by atomic mass is 10.0. The van der Waals surface area contributed by atoms with Crippen LogP contribution in [0.5, 0.6) is 0 Å². The second-order valence-electron chi connectivity index (χ2n) is 4.93. The Hall–Kier alpha value is -1.34. The van der Waals surface area contributed by atoms with Crippen molar-refractivity contribution in [1.82, 2.24) is 4.98 Å². The SMILES string of the molecule is N#CC(=Cc1ccc(Cl)cc1Cl)c1nc2c(s1)CCCC2. The number of rotatable bonds is 2. The van der Waals surface area contributed by atoms with E-state index in [2.05, 4.69) is 11.1 Å². The van der Waals surface area contributed by atoms with Gasteiger partial charge >= 0.3 is 0 Å². The van der Waals surface area contributed by atoms with Gasteiger partial charge in [0.25, 0.3) is 0 Å². The van der Waals surface area contributed by atoms with Gasteiger partial charge in [-0.25, -0.2) is 4.98 Å². The number of benzene rings is 1. The van der Waals surface area contributed by atoms with E-state index < -0.39 is 0 Å². The quantitative estimate of drug-likeness (QED) is 0.690. The van der Waals surface area contributed by atoms with Crippen molar-refractivity contribution in [2.45, 2.75) is 25.7 Å². The third-order valence-corrected chi connectivity index (χ3v) is 5.21. The van der Waals surface area contributed by atoms with Gasteiger partial charge in [-0.1, -0.05) is 29.3 Å². The first-order chi connectivity index (χ1) is 10.2. The first kappa shape index (κ1) is 14.6.